The molecule has 16 heavy (non-hydrogen) atoms. The van der Waals surface area contributed by atoms with Crippen molar-refractivity contribution < 1.29 is 4.39 Å². The molecule has 2 rings (SSSR count). The zero-order valence-corrected chi connectivity index (χ0v) is 8.99. The molecule has 1 aliphatic rings. The Kier molecular flexibility index (Phi) is 3.07. The zero-order chi connectivity index (χ0) is 11.5. The Hall–Kier alpha value is -1.60. The Labute approximate surface area is 94.3 Å². The summed E-state index contributed by atoms with van der Waals surface area (Å²) in [6, 6.07) is 6.41. The van der Waals surface area contributed by atoms with Crippen LogP contribution in [0.4, 0.5) is 10.1 Å². The van der Waals surface area contributed by atoms with E-state index in [9.17, 15) is 4.39 Å². The highest BCUT2D eigenvalue weighted by Gasteiger charge is 2.21. The first kappa shape index (κ1) is 10.9. The maximum atomic E-state index is 13.2. The van der Waals surface area contributed by atoms with Crippen LogP contribution in [0.15, 0.2) is 18.2 Å². The molecule has 1 aromatic rings. The molecule has 1 atom stereocenters. The van der Waals surface area contributed by atoms with Crippen LogP contribution in [0.5, 0.6) is 0 Å². The molecular weight excluding hydrogens is 205 g/mol. The molecule has 1 aromatic carbocycles. The van der Waals surface area contributed by atoms with E-state index in [4.69, 9.17) is 11.0 Å². The summed E-state index contributed by atoms with van der Waals surface area (Å²) in [5.74, 6) is 0.124. The van der Waals surface area contributed by atoms with Crippen molar-refractivity contribution in [3.05, 3.63) is 29.6 Å². The lowest BCUT2D eigenvalue weighted by molar-refractivity contribution is 0.602. The Morgan fingerprint density at radius 1 is 1.50 bits per heavy atom. The summed E-state index contributed by atoms with van der Waals surface area (Å²) in [5.41, 5.74) is 6.76. The molecule has 0 aromatic heterocycles. The molecule has 0 bridgehead atoms. The number of anilines is 1. The van der Waals surface area contributed by atoms with Crippen molar-refractivity contribution in [3.63, 3.8) is 0 Å². The molecular formula is C12H14FN3. The Balaban J connectivity index is 2.21. The minimum atomic E-state index is -0.356. The summed E-state index contributed by atoms with van der Waals surface area (Å²) in [5, 5.41) is 8.77. The van der Waals surface area contributed by atoms with Gasteiger partial charge < -0.3 is 10.6 Å². The second kappa shape index (κ2) is 4.50. The zero-order valence-electron chi connectivity index (χ0n) is 8.99. The highest BCUT2D eigenvalue weighted by atomic mass is 19.1. The largest absolute Gasteiger partial charge is 0.371 e. The van der Waals surface area contributed by atoms with E-state index in [1.807, 2.05) is 6.07 Å². The average molecular weight is 219 g/mol. The van der Waals surface area contributed by atoms with E-state index >= 15 is 0 Å². The van der Waals surface area contributed by atoms with Crippen LogP contribution in [0.2, 0.25) is 0 Å². The van der Waals surface area contributed by atoms with Crippen LogP contribution in [0, 0.1) is 23.1 Å². The molecule has 0 amide bonds. The predicted octanol–water partition coefficient (Wildman–Crippen LogP) is 1.48. The number of halogens is 1. The SMILES string of the molecule is N#Cc1cc(F)cc(N2CCC(CN)C2)c1. The van der Waals surface area contributed by atoms with Crippen LogP contribution in [0.3, 0.4) is 0 Å². The molecule has 0 spiro atoms. The standard InChI is InChI=1S/C12H14FN3/c13-11-3-10(7-15)4-12(5-11)16-2-1-9(6-14)8-16/h3-5,9H,1-2,6,8,14H2. The first-order chi connectivity index (χ1) is 7.72. The third kappa shape index (κ3) is 2.15. The van der Waals surface area contributed by atoms with E-state index < -0.39 is 0 Å². The van der Waals surface area contributed by atoms with Gasteiger partial charge in [-0.3, -0.25) is 0 Å². The summed E-state index contributed by atoms with van der Waals surface area (Å²) in [6.45, 7) is 2.40. The van der Waals surface area contributed by atoms with E-state index in [1.54, 1.807) is 6.07 Å². The maximum Gasteiger partial charge on any atom is 0.126 e. The quantitative estimate of drug-likeness (QED) is 0.819. The fourth-order valence-electron chi connectivity index (χ4n) is 2.08. The van der Waals surface area contributed by atoms with E-state index in [0.29, 0.717) is 18.0 Å². The van der Waals surface area contributed by atoms with Gasteiger partial charge in [-0.1, -0.05) is 0 Å². The first-order valence-electron chi connectivity index (χ1n) is 5.38. The topological polar surface area (TPSA) is 53.0 Å². The van der Waals surface area contributed by atoms with Gasteiger partial charge in [0, 0.05) is 18.8 Å². The van der Waals surface area contributed by atoms with Crippen molar-refractivity contribution in [2.45, 2.75) is 6.42 Å². The molecule has 0 saturated carbocycles. The van der Waals surface area contributed by atoms with Crippen LogP contribution in [0.1, 0.15) is 12.0 Å². The summed E-state index contributed by atoms with van der Waals surface area (Å²) in [6.07, 6.45) is 1.04. The van der Waals surface area contributed by atoms with E-state index in [0.717, 1.165) is 25.2 Å². The number of rotatable bonds is 2. The molecule has 1 heterocycles. The van der Waals surface area contributed by atoms with E-state index in [-0.39, 0.29) is 5.82 Å². The van der Waals surface area contributed by atoms with Crippen molar-refractivity contribution in [3.8, 4) is 6.07 Å². The van der Waals surface area contributed by atoms with Crippen molar-refractivity contribution in [2.24, 2.45) is 11.7 Å². The second-order valence-corrected chi connectivity index (χ2v) is 4.15. The lowest BCUT2D eigenvalue weighted by Crippen LogP contribution is -2.22. The van der Waals surface area contributed by atoms with Crippen LogP contribution >= 0.6 is 0 Å². The van der Waals surface area contributed by atoms with Crippen molar-refractivity contribution in [2.75, 3.05) is 24.5 Å². The lowest BCUT2D eigenvalue weighted by atomic mass is 10.1. The third-order valence-corrected chi connectivity index (χ3v) is 3.00. The summed E-state index contributed by atoms with van der Waals surface area (Å²) in [4.78, 5) is 2.08. The van der Waals surface area contributed by atoms with Gasteiger partial charge in [0.1, 0.15) is 5.82 Å². The Bertz CT molecular complexity index is 425. The maximum absolute atomic E-state index is 13.2. The molecule has 1 aliphatic heterocycles. The van der Waals surface area contributed by atoms with E-state index in [2.05, 4.69) is 4.90 Å². The van der Waals surface area contributed by atoms with Gasteiger partial charge >= 0.3 is 0 Å². The number of hydrogen-bond donors (Lipinski definition) is 1. The molecule has 4 heteroatoms. The van der Waals surface area contributed by atoms with Crippen LogP contribution in [-0.4, -0.2) is 19.6 Å². The van der Waals surface area contributed by atoms with Crippen molar-refractivity contribution >= 4 is 5.69 Å². The fourth-order valence-corrected chi connectivity index (χ4v) is 2.08. The van der Waals surface area contributed by atoms with Crippen molar-refractivity contribution in [1.82, 2.24) is 0 Å². The monoisotopic (exact) mass is 219 g/mol. The molecule has 2 N–H and O–H groups in total. The Morgan fingerprint density at radius 3 is 2.94 bits per heavy atom. The van der Waals surface area contributed by atoms with Gasteiger partial charge in [0.2, 0.25) is 0 Å². The minimum Gasteiger partial charge on any atom is -0.371 e. The van der Waals surface area contributed by atoms with Gasteiger partial charge in [-0.15, -0.1) is 0 Å². The molecule has 0 aliphatic carbocycles. The van der Waals surface area contributed by atoms with E-state index in [1.165, 1.54) is 12.1 Å². The van der Waals surface area contributed by atoms with Crippen LogP contribution in [-0.2, 0) is 0 Å². The molecule has 0 radical (unpaired) electrons. The predicted molar refractivity (Wildman–Crippen MR) is 60.5 cm³/mol. The van der Waals surface area contributed by atoms with Gasteiger partial charge in [0.05, 0.1) is 11.6 Å². The summed E-state index contributed by atoms with van der Waals surface area (Å²) < 4.78 is 13.2. The average Bonchev–Trinajstić information content (AvgIpc) is 2.76. The molecule has 1 unspecified atom stereocenters. The van der Waals surface area contributed by atoms with Gasteiger partial charge in [-0.2, -0.15) is 5.26 Å². The summed E-state index contributed by atoms with van der Waals surface area (Å²) in [7, 11) is 0. The molecule has 3 nitrogen and oxygen atoms in total. The highest BCUT2D eigenvalue weighted by molar-refractivity contribution is 5.52. The lowest BCUT2D eigenvalue weighted by Gasteiger charge is -2.18. The molecule has 1 saturated heterocycles. The van der Waals surface area contributed by atoms with Gasteiger partial charge in [-0.25, -0.2) is 4.39 Å². The highest BCUT2D eigenvalue weighted by Crippen LogP contribution is 2.25. The normalized spacial score (nSPS) is 19.8. The van der Waals surface area contributed by atoms with Crippen LogP contribution in [0.25, 0.3) is 0 Å². The van der Waals surface area contributed by atoms with Gasteiger partial charge in [0.15, 0.2) is 0 Å². The molecule has 1 fully saturated rings. The van der Waals surface area contributed by atoms with Crippen molar-refractivity contribution in [1.29, 1.82) is 5.26 Å². The van der Waals surface area contributed by atoms with Gasteiger partial charge in [-0.05, 0) is 37.1 Å². The molecule has 84 valence electrons. The number of nitrogens with two attached hydrogens (primary N) is 1. The van der Waals surface area contributed by atoms with Gasteiger partial charge in [0.25, 0.3) is 0 Å². The summed E-state index contributed by atoms with van der Waals surface area (Å²) >= 11 is 0. The van der Waals surface area contributed by atoms with Crippen LogP contribution < -0.4 is 10.6 Å². The smallest absolute Gasteiger partial charge is 0.126 e. The third-order valence-electron chi connectivity index (χ3n) is 3.00. The number of benzene rings is 1. The Morgan fingerprint density at radius 2 is 2.31 bits per heavy atom. The minimum absolute atomic E-state index is 0.356. The number of nitriles is 1. The fraction of sp³-hybridized carbons (Fsp3) is 0.417. The first-order valence-corrected chi connectivity index (χ1v) is 5.38. The number of hydrogen-bond acceptors (Lipinski definition) is 3. The second-order valence-electron chi connectivity index (χ2n) is 4.15. The number of nitrogens with zero attached hydrogens (tertiary/aromatic N) is 2.